The zero-order valence-electron chi connectivity index (χ0n) is 32.9. The van der Waals surface area contributed by atoms with E-state index in [1.54, 1.807) is 28.4 Å². The van der Waals surface area contributed by atoms with Crippen LogP contribution >= 0.6 is 28.8 Å². The molecule has 0 radical (unpaired) electrons. The Kier molecular flexibility index (Phi) is 10.2. The van der Waals surface area contributed by atoms with Crippen molar-refractivity contribution in [3.8, 4) is 23.0 Å². The Labute approximate surface area is 363 Å². The zero-order valence-corrected chi connectivity index (χ0v) is 36.0. The first-order chi connectivity index (χ1) is 28.8. The summed E-state index contributed by atoms with van der Waals surface area (Å²) in [5.41, 5.74) is 11.8. The van der Waals surface area contributed by atoms with Gasteiger partial charge in [-0.15, -0.1) is 0 Å². The van der Waals surface area contributed by atoms with Crippen LogP contribution in [0.5, 0.6) is 23.0 Å². The highest BCUT2D eigenvalue weighted by Gasteiger charge is 2.49. The standard InChI is InChI=1S/C48H36Cl2N4O4P.ClH/c1-55-33-13-5-29(6-14-33)45-37-21-22-38(51-37)46(30-7-15-34(56-2)16-8-30)43-27-28-44-48(32-11-19-36(58-4)20-12-32)40-24-23-39(52-40)47(31-9-17-35(57-3)18-10-31)42-26-25-41(45)53(42)59(49,50)54(43)44;/h5-28H,1-4H3;1H/q+1;/p-1. The fourth-order valence-electron chi connectivity index (χ4n) is 8.24. The van der Waals surface area contributed by atoms with Gasteiger partial charge in [-0.25, -0.2) is 9.98 Å². The Balaban J connectivity index is 0.00000462. The summed E-state index contributed by atoms with van der Waals surface area (Å²) in [5, 5.41) is 1.60. The van der Waals surface area contributed by atoms with Crippen LogP contribution < -0.4 is 42.1 Å². The number of aliphatic imine (C=N–C) groups is 2. The van der Waals surface area contributed by atoms with Crippen molar-refractivity contribution in [1.82, 2.24) is 8.68 Å². The number of methoxy groups -OCH3 is 4. The molecule has 0 saturated heterocycles. The first-order valence-corrected chi connectivity index (χ1v) is 22.4. The summed E-state index contributed by atoms with van der Waals surface area (Å²) in [6.45, 7) is 0. The van der Waals surface area contributed by atoms with Crippen LogP contribution in [0.15, 0.2) is 167 Å². The lowest BCUT2D eigenvalue weighted by Gasteiger charge is -2.24. The van der Waals surface area contributed by atoms with Crippen molar-refractivity contribution >= 4 is 62.5 Å². The van der Waals surface area contributed by atoms with E-state index in [4.69, 9.17) is 51.4 Å². The van der Waals surface area contributed by atoms with Crippen LogP contribution in [0, 0.1) is 0 Å². The molecule has 0 unspecified atom stereocenters. The summed E-state index contributed by atoms with van der Waals surface area (Å²) in [4.78, 5) is 10.9. The molecule has 0 fully saturated rings. The summed E-state index contributed by atoms with van der Waals surface area (Å²) >= 11 is 16.7. The van der Waals surface area contributed by atoms with Gasteiger partial charge in [0.2, 0.25) is 0 Å². The first kappa shape index (κ1) is 39.4. The molecule has 6 bridgehead atoms. The Morgan fingerprint density at radius 2 is 0.717 bits per heavy atom. The molecule has 4 aromatic carbocycles. The summed E-state index contributed by atoms with van der Waals surface area (Å²) in [5.74, 6) is 2.97. The number of ether oxygens (including phenoxy) is 4. The van der Waals surface area contributed by atoms with Gasteiger partial charge in [-0.05, 0) is 119 Å². The minimum absolute atomic E-state index is 0. The van der Waals surface area contributed by atoms with E-state index in [0.29, 0.717) is 0 Å². The number of hydrogen-bond donors (Lipinski definition) is 0. The second kappa shape index (κ2) is 15.5. The molecule has 4 aliphatic heterocycles. The van der Waals surface area contributed by atoms with Gasteiger partial charge in [0.1, 0.15) is 23.0 Å². The van der Waals surface area contributed by atoms with E-state index < -0.39 is 6.27 Å². The topological polar surface area (TPSA) is 71.5 Å². The largest absolute Gasteiger partial charge is 1.00 e. The van der Waals surface area contributed by atoms with Crippen LogP contribution in [0.25, 0.3) is 22.3 Å². The van der Waals surface area contributed by atoms with E-state index in [1.165, 1.54) is 0 Å². The third-order valence-electron chi connectivity index (χ3n) is 11.0. The predicted octanol–water partition coefficient (Wildman–Crippen LogP) is 6.85. The molecule has 4 aliphatic rings. The van der Waals surface area contributed by atoms with Crippen LogP contribution in [0.2, 0.25) is 0 Å². The maximum Gasteiger partial charge on any atom is 0.409 e. The SMILES string of the molecule is COc1ccc(C2=C3C=CC(=N3)C(c3ccc(OC)cc3)=c3ccc4n3[P+](Cl)(Cl)n3c2ccc3C(c2ccc(OC)cc2)=C2C=CC(=N2)C=4c2ccc(OC)cc2)cc1.[Cl-]. The highest BCUT2D eigenvalue weighted by atomic mass is 35.9. The van der Waals surface area contributed by atoms with Gasteiger partial charge < -0.3 is 31.4 Å². The smallest absolute Gasteiger partial charge is 0.409 e. The second-order valence-electron chi connectivity index (χ2n) is 14.1. The quantitative estimate of drug-likeness (QED) is 0.157. The lowest BCUT2D eigenvalue weighted by Crippen LogP contribution is -3.00. The van der Waals surface area contributed by atoms with Crippen molar-refractivity contribution < 1.29 is 31.4 Å². The highest BCUT2D eigenvalue weighted by molar-refractivity contribution is 8.15. The third kappa shape index (κ3) is 6.34. The molecule has 0 amide bonds. The maximum atomic E-state index is 8.33. The van der Waals surface area contributed by atoms with Crippen LogP contribution in [-0.4, -0.2) is 48.5 Å². The molecule has 0 aliphatic carbocycles. The number of fused-ring (bicyclic) bond motifs is 2. The molecule has 6 aromatic rings. The molecule has 0 spiro atoms. The fourth-order valence-corrected chi connectivity index (χ4v) is 12.1. The van der Waals surface area contributed by atoms with Gasteiger partial charge in [0.05, 0.1) is 73.3 Å². The van der Waals surface area contributed by atoms with Crippen molar-refractivity contribution in [2.45, 2.75) is 0 Å². The Morgan fingerprint density at radius 1 is 0.400 bits per heavy atom. The van der Waals surface area contributed by atoms with Crippen LogP contribution in [0.1, 0.15) is 33.6 Å². The molecule has 10 rings (SSSR count). The van der Waals surface area contributed by atoms with Crippen LogP contribution in [0.3, 0.4) is 0 Å². The van der Waals surface area contributed by atoms with Crippen molar-refractivity contribution in [3.05, 3.63) is 201 Å². The number of hydrogen-bond acceptors (Lipinski definition) is 6. The molecule has 2 aromatic heterocycles. The lowest BCUT2D eigenvalue weighted by atomic mass is 10.0. The molecule has 60 heavy (non-hydrogen) atoms. The number of benzene rings is 4. The van der Waals surface area contributed by atoms with Crippen LogP contribution in [0.4, 0.5) is 0 Å². The molecule has 6 heterocycles. The monoisotopic (exact) mass is 868 g/mol. The molecule has 0 atom stereocenters. The van der Waals surface area contributed by atoms with E-state index in [0.717, 1.165) is 112 Å². The van der Waals surface area contributed by atoms with Crippen molar-refractivity contribution in [2.75, 3.05) is 28.4 Å². The van der Waals surface area contributed by atoms with Gasteiger partial charge in [-0.2, -0.15) is 8.68 Å². The second-order valence-corrected chi connectivity index (χ2v) is 19.2. The normalized spacial score (nSPS) is 15.7. The van der Waals surface area contributed by atoms with Gasteiger partial charge >= 0.3 is 6.27 Å². The molecule has 8 nitrogen and oxygen atoms in total. The van der Waals surface area contributed by atoms with E-state index in [1.807, 2.05) is 97.1 Å². The summed E-state index contributed by atoms with van der Waals surface area (Å²) < 4.78 is 26.6. The van der Waals surface area contributed by atoms with Gasteiger partial charge in [-0.1, -0.05) is 48.5 Å². The summed E-state index contributed by atoms with van der Waals surface area (Å²) in [7, 11) is 6.66. The van der Waals surface area contributed by atoms with Gasteiger partial charge in [0.15, 0.2) is 22.5 Å². The zero-order chi connectivity index (χ0) is 40.4. The summed E-state index contributed by atoms with van der Waals surface area (Å²) in [6.07, 6.45) is 4.72. The minimum Gasteiger partial charge on any atom is -1.00 e. The van der Waals surface area contributed by atoms with E-state index in [9.17, 15) is 0 Å². The lowest BCUT2D eigenvalue weighted by molar-refractivity contribution is -0.0000125. The minimum atomic E-state index is -3.57. The number of allylic oxidation sites excluding steroid dienone is 4. The highest BCUT2D eigenvalue weighted by Crippen LogP contribution is 2.72. The molecule has 0 N–H and O–H groups in total. The molecule has 298 valence electrons. The van der Waals surface area contributed by atoms with E-state index >= 15 is 0 Å². The van der Waals surface area contributed by atoms with E-state index in [2.05, 4.69) is 57.2 Å². The average molecular weight is 870 g/mol. The van der Waals surface area contributed by atoms with Crippen LogP contribution in [-0.2, 0) is 0 Å². The molecule has 12 heteroatoms. The summed E-state index contributed by atoms with van der Waals surface area (Å²) in [6, 6.07) is 40.4. The molecular formula is C48H36Cl3N4O4P. The number of halogens is 3. The van der Waals surface area contributed by atoms with Crippen molar-refractivity contribution in [2.24, 2.45) is 9.98 Å². The third-order valence-corrected chi connectivity index (χ3v) is 14.7. The van der Waals surface area contributed by atoms with Gasteiger partial charge in [-0.3, -0.25) is 0 Å². The van der Waals surface area contributed by atoms with Gasteiger partial charge in [0.25, 0.3) is 0 Å². The van der Waals surface area contributed by atoms with E-state index in [-0.39, 0.29) is 12.4 Å². The molecular weight excluding hydrogens is 834 g/mol. The van der Waals surface area contributed by atoms with Crippen molar-refractivity contribution in [3.63, 3.8) is 0 Å². The first-order valence-electron chi connectivity index (χ1n) is 18.9. The Hall–Kier alpha value is -6.02. The van der Waals surface area contributed by atoms with Gasteiger partial charge in [0, 0.05) is 22.3 Å². The number of aromatic nitrogens is 2. The Bertz CT molecular complexity index is 2830. The predicted molar refractivity (Wildman–Crippen MR) is 240 cm³/mol. The average Bonchev–Trinajstić information content (AvgIpc) is 4.11. The number of rotatable bonds is 8. The number of nitrogens with zero attached hydrogens (tertiary/aromatic N) is 4. The molecule has 0 saturated carbocycles. The Morgan fingerprint density at radius 3 is 1.03 bits per heavy atom. The van der Waals surface area contributed by atoms with Crippen molar-refractivity contribution in [1.29, 1.82) is 0 Å². The fraction of sp³-hybridized carbons (Fsp3) is 0.0833. The maximum absolute atomic E-state index is 8.33.